The van der Waals surface area contributed by atoms with Gasteiger partial charge in [-0.1, -0.05) is 54.2 Å². The summed E-state index contributed by atoms with van der Waals surface area (Å²) < 4.78 is 0. The second-order valence-corrected chi connectivity index (χ2v) is 8.15. The van der Waals surface area contributed by atoms with Crippen molar-refractivity contribution < 1.29 is 19.5 Å². The Morgan fingerprint density at radius 3 is 2.34 bits per heavy atom. The van der Waals surface area contributed by atoms with E-state index in [0.29, 0.717) is 22.2 Å². The third-order valence-corrected chi connectivity index (χ3v) is 5.83. The SMILES string of the molecule is O=C(CC1SC(=Nc2ccccc2)N(c2ccccc2)C1=O)Nc1cccc(C(=O)O)c1. The lowest BCUT2D eigenvalue weighted by molar-refractivity contribution is -0.121. The van der Waals surface area contributed by atoms with Gasteiger partial charge in [-0.15, -0.1) is 0 Å². The third-order valence-electron chi connectivity index (χ3n) is 4.69. The van der Waals surface area contributed by atoms with Crippen molar-refractivity contribution in [3.63, 3.8) is 0 Å². The van der Waals surface area contributed by atoms with Gasteiger partial charge in [0.1, 0.15) is 5.25 Å². The first kappa shape index (κ1) is 21.3. The summed E-state index contributed by atoms with van der Waals surface area (Å²) >= 11 is 1.23. The summed E-state index contributed by atoms with van der Waals surface area (Å²) in [5.74, 6) is -1.69. The summed E-state index contributed by atoms with van der Waals surface area (Å²) in [5, 5.41) is 11.6. The largest absolute Gasteiger partial charge is 0.478 e. The zero-order valence-electron chi connectivity index (χ0n) is 16.8. The number of hydrogen-bond donors (Lipinski definition) is 2. The molecule has 32 heavy (non-hydrogen) atoms. The highest BCUT2D eigenvalue weighted by atomic mass is 32.2. The average molecular weight is 446 g/mol. The van der Waals surface area contributed by atoms with Crippen LogP contribution in [0.1, 0.15) is 16.8 Å². The van der Waals surface area contributed by atoms with E-state index in [0.717, 1.165) is 0 Å². The molecule has 160 valence electrons. The van der Waals surface area contributed by atoms with Crippen LogP contribution in [0.5, 0.6) is 0 Å². The van der Waals surface area contributed by atoms with E-state index in [9.17, 15) is 14.4 Å². The molecular weight excluding hydrogens is 426 g/mol. The Balaban J connectivity index is 1.55. The molecule has 1 unspecified atom stereocenters. The van der Waals surface area contributed by atoms with Gasteiger partial charge < -0.3 is 10.4 Å². The molecule has 0 radical (unpaired) electrons. The Kier molecular flexibility index (Phi) is 6.32. The molecule has 3 aromatic rings. The van der Waals surface area contributed by atoms with Crippen LogP contribution in [0.25, 0.3) is 0 Å². The van der Waals surface area contributed by atoms with Crippen LogP contribution in [0.4, 0.5) is 17.1 Å². The maximum Gasteiger partial charge on any atom is 0.335 e. The minimum absolute atomic E-state index is 0.0710. The van der Waals surface area contributed by atoms with Gasteiger partial charge >= 0.3 is 5.97 Å². The molecule has 0 saturated carbocycles. The Hall–Kier alpha value is -3.91. The van der Waals surface area contributed by atoms with Crippen LogP contribution in [0.2, 0.25) is 0 Å². The van der Waals surface area contributed by atoms with Crippen LogP contribution < -0.4 is 10.2 Å². The Labute approximate surface area is 188 Å². The van der Waals surface area contributed by atoms with E-state index in [-0.39, 0.29) is 23.8 Å². The summed E-state index contributed by atoms with van der Waals surface area (Å²) in [6.07, 6.45) is -0.0715. The fourth-order valence-electron chi connectivity index (χ4n) is 3.21. The molecule has 1 aliphatic rings. The number of amides is 2. The topological polar surface area (TPSA) is 99.1 Å². The average Bonchev–Trinajstić information content (AvgIpc) is 3.09. The highest BCUT2D eigenvalue weighted by Gasteiger charge is 2.40. The summed E-state index contributed by atoms with van der Waals surface area (Å²) in [4.78, 5) is 43.1. The van der Waals surface area contributed by atoms with Crippen LogP contribution in [-0.4, -0.2) is 33.3 Å². The van der Waals surface area contributed by atoms with Gasteiger partial charge in [0.25, 0.3) is 0 Å². The van der Waals surface area contributed by atoms with Gasteiger partial charge in [0, 0.05) is 12.1 Å². The van der Waals surface area contributed by atoms with Crippen LogP contribution in [0, 0.1) is 0 Å². The minimum atomic E-state index is -1.08. The van der Waals surface area contributed by atoms with Crippen molar-refractivity contribution in [3.8, 4) is 0 Å². The number of aliphatic imine (C=N–C) groups is 1. The van der Waals surface area contributed by atoms with Crippen molar-refractivity contribution in [1.29, 1.82) is 0 Å². The first-order chi connectivity index (χ1) is 15.5. The quantitative estimate of drug-likeness (QED) is 0.580. The van der Waals surface area contributed by atoms with E-state index in [1.165, 1.54) is 28.8 Å². The number of aromatic carboxylic acids is 1. The molecule has 1 heterocycles. The summed E-state index contributed by atoms with van der Waals surface area (Å²) in [6.45, 7) is 0. The molecule has 7 nitrogen and oxygen atoms in total. The van der Waals surface area contributed by atoms with Crippen molar-refractivity contribution in [2.45, 2.75) is 11.7 Å². The van der Waals surface area contributed by atoms with Gasteiger partial charge in [-0.2, -0.15) is 0 Å². The molecule has 1 atom stereocenters. The molecule has 2 N–H and O–H groups in total. The van der Waals surface area contributed by atoms with Crippen molar-refractivity contribution in [3.05, 3.63) is 90.5 Å². The number of carboxylic acids is 1. The lowest BCUT2D eigenvalue weighted by Gasteiger charge is -2.16. The molecule has 0 aromatic heterocycles. The van der Waals surface area contributed by atoms with Crippen molar-refractivity contribution in [1.82, 2.24) is 0 Å². The first-order valence-corrected chi connectivity index (χ1v) is 10.7. The number of carbonyl (C=O) groups excluding carboxylic acids is 2. The van der Waals surface area contributed by atoms with Crippen LogP contribution in [-0.2, 0) is 9.59 Å². The molecule has 2 amide bonds. The lowest BCUT2D eigenvalue weighted by Crippen LogP contribution is -2.33. The monoisotopic (exact) mass is 445 g/mol. The third kappa shape index (κ3) is 4.87. The predicted molar refractivity (Wildman–Crippen MR) is 125 cm³/mol. The van der Waals surface area contributed by atoms with Gasteiger partial charge in [-0.3, -0.25) is 14.5 Å². The lowest BCUT2D eigenvalue weighted by atomic mass is 10.2. The van der Waals surface area contributed by atoms with Crippen LogP contribution in [0.3, 0.4) is 0 Å². The maximum atomic E-state index is 13.2. The Bertz CT molecular complexity index is 1180. The van der Waals surface area contributed by atoms with Crippen molar-refractivity contribution in [2.24, 2.45) is 4.99 Å². The number of nitrogens with one attached hydrogen (secondary N) is 1. The standard InChI is InChI=1S/C24H19N3O4S/c28-21(25-18-11-7-8-16(14-18)23(30)31)15-20-22(29)27(19-12-5-2-6-13-19)24(32-20)26-17-9-3-1-4-10-17/h1-14,20H,15H2,(H,25,28)(H,30,31). The molecule has 1 saturated heterocycles. The Morgan fingerprint density at radius 1 is 0.969 bits per heavy atom. The number of carbonyl (C=O) groups is 3. The predicted octanol–water partition coefficient (Wildman–Crippen LogP) is 4.55. The molecule has 0 bridgehead atoms. The number of amidine groups is 1. The zero-order valence-corrected chi connectivity index (χ0v) is 17.7. The van der Waals surface area contributed by atoms with Crippen molar-refractivity contribution in [2.75, 3.05) is 10.2 Å². The van der Waals surface area contributed by atoms with E-state index in [4.69, 9.17) is 5.11 Å². The fourth-order valence-corrected chi connectivity index (χ4v) is 4.37. The van der Waals surface area contributed by atoms with E-state index in [1.807, 2.05) is 60.7 Å². The second kappa shape index (κ2) is 9.49. The normalized spacial score (nSPS) is 16.9. The molecular formula is C24H19N3O4S. The number of thioether (sulfide) groups is 1. The number of carboxylic acid groups (broad SMARTS) is 1. The highest BCUT2D eigenvalue weighted by Crippen LogP contribution is 2.35. The molecule has 0 aliphatic carbocycles. The van der Waals surface area contributed by atoms with Gasteiger partial charge in [-0.25, -0.2) is 9.79 Å². The van der Waals surface area contributed by atoms with Crippen LogP contribution in [0.15, 0.2) is 89.9 Å². The number of rotatable bonds is 6. The fraction of sp³-hybridized carbons (Fsp3) is 0.0833. The summed E-state index contributed by atoms with van der Waals surface area (Å²) in [6, 6.07) is 24.5. The molecule has 1 aliphatic heterocycles. The van der Waals surface area contributed by atoms with Gasteiger partial charge in [0.2, 0.25) is 11.8 Å². The minimum Gasteiger partial charge on any atom is -0.478 e. The van der Waals surface area contributed by atoms with E-state index >= 15 is 0 Å². The van der Waals surface area contributed by atoms with Gasteiger partial charge in [0.05, 0.1) is 16.9 Å². The van der Waals surface area contributed by atoms with E-state index in [1.54, 1.807) is 12.1 Å². The number of hydrogen-bond acceptors (Lipinski definition) is 5. The second-order valence-electron chi connectivity index (χ2n) is 6.98. The Morgan fingerprint density at radius 2 is 1.66 bits per heavy atom. The van der Waals surface area contributed by atoms with Crippen LogP contribution >= 0.6 is 11.8 Å². The molecule has 3 aromatic carbocycles. The maximum absolute atomic E-state index is 13.2. The van der Waals surface area contributed by atoms with E-state index < -0.39 is 11.2 Å². The molecule has 4 rings (SSSR count). The number of nitrogens with zero attached hydrogens (tertiary/aromatic N) is 2. The van der Waals surface area contributed by atoms with Gasteiger partial charge in [-0.05, 0) is 42.5 Å². The number of benzene rings is 3. The molecule has 8 heteroatoms. The smallest absolute Gasteiger partial charge is 0.335 e. The van der Waals surface area contributed by atoms with E-state index in [2.05, 4.69) is 10.3 Å². The first-order valence-electron chi connectivity index (χ1n) is 9.84. The molecule has 1 fully saturated rings. The molecule has 0 spiro atoms. The van der Waals surface area contributed by atoms with Crippen molar-refractivity contribution >= 4 is 51.8 Å². The number of anilines is 2. The zero-order chi connectivity index (χ0) is 22.5. The highest BCUT2D eigenvalue weighted by molar-refractivity contribution is 8.16. The summed E-state index contributed by atoms with van der Waals surface area (Å²) in [5.41, 5.74) is 1.82. The van der Waals surface area contributed by atoms with Gasteiger partial charge in [0.15, 0.2) is 5.17 Å². The summed E-state index contributed by atoms with van der Waals surface area (Å²) in [7, 11) is 0. The number of para-hydroxylation sites is 2.